The summed E-state index contributed by atoms with van der Waals surface area (Å²) in [5.74, 6) is -0.760. The van der Waals surface area contributed by atoms with E-state index in [9.17, 15) is 9.90 Å². The van der Waals surface area contributed by atoms with Crippen LogP contribution in [-0.2, 0) is 4.74 Å². The van der Waals surface area contributed by atoms with Gasteiger partial charge in [0.15, 0.2) is 10.6 Å². The summed E-state index contributed by atoms with van der Waals surface area (Å²) in [7, 11) is 0. The van der Waals surface area contributed by atoms with Gasteiger partial charge in [-0.05, 0) is 48.8 Å². The molecule has 0 amide bonds. The predicted molar refractivity (Wildman–Crippen MR) is 85.7 cm³/mol. The van der Waals surface area contributed by atoms with Gasteiger partial charge in [-0.1, -0.05) is 0 Å². The molecule has 116 valence electrons. The number of esters is 1. The molecule has 3 aromatic rings. The van der Waals surface area contributed by atoms with Crippen molar-refractivity contribution in [3.63, 3.8) is 0 Å². The average Bonchev–Trinajstić information content (AvgIpc) is 2.97. The number of nitrogens with zero attached hydrogens (tertiary/aromatic N) is 4. The van der Waals surface area contributed by atoms with E-state index >= 15 is 0 Å². The van der Waals surface area contributed by atoms with Crippen molar-refractivity contribution in [1.29, 1.82) is 0 Å². The largest absolute Gasteiger partial charge is 0.507 e. The Bertz CT molecular complexity index is 891. The van der Waals surface area contributed by atoms with Crippen LogP contribution in [0.3, 0.4) is 0 Å². The Balaban J connectivity index is 1.90. The summed E-state index contributed by atoms with van der Waals surface area (Å²) < 4.78 is 9.06. The number of ether oxygens (including phenoxy) is 1. The first kappa shape index (κ1) is 15.0. The molecule has 0 saturated heterocycles. The standard InChI is InChI=1S/C15H12N4O3S/c1-2-22-15(21)11-8-9(5-6-12(11)20)17-18-14-10-4-3-7-16-13(10)19-23-14/h3-8,20H,2H2,1H3. The highest BCUT2D eigenvalue weighted by Crippen LogP contribution is 2.31. The van der Waals surface area contributed by atoms with Crippen LogP contribution in [0.1, 0.15) is 17.3 Å². The number of hydrogen-bond acceptors (Lipinski definition) is 8. The van der Waals surface area contributed by atoms with Crippen LogP contribution >= 0.6 is 11.5 Å². The molecule has 0 unspecified atom stereocenters. The Morgan fingerprint density at radius 2 is 2.22 bits per heavy atom. The molecule has 2 aromatic heterocycles. The fourth-order valence-corrected chi connectivity index (χ4v) is 2.56. The zero-order valence-electron chi connectivity index (χ0n) is 12.1. The second kappa shape index (κ2) is 6.49. The number of benzene rings is 1. The van der Waals surface area contributed by atoms with E-state index in [2.05, 4.69) is 19.6 Å². The van der Waals surface area contributed by atoms with Crippen molar-refractivity contribution in [2.75, 3.05) is 6.61 Å². The van der Waals surface area contributed by atoms with Crippen molar-refractivity contribution >= 4 is 39.2 Å². The van der Waals surface area contributed by atoms with E-state index in [-0.39, 0.29) is 17.9 Å². The van der Waals surface area contributed by atoms with Crippen LogP contribution in [0.2, 0.25) is 0 Å². The van der Waals surface area contributed by atoms with Crippen LogP contribution in [-0.4, -0.2) is 27.0 Å². The van der Waals surface area contributed by atoms with E-state index in [4.69, 9.17) is 4.74 Å². The molecular formula is C15H12N4O3S. The summed E-state index contributed by atoms with van der Waals surface area (Å²) in [5.41, 5.74) is 1.10. The lowest BCUT2D eigenvalue weighted by Gasteiger charge is -2.04. The number of carbonyl (C=O) groups excluding carboxylic acids is 1. The Morgan fingerprint density at radius 1 is 1.35 bits per heavy atom. The minimum absolute atomic E-state index is 0.0547. The van der Waals surface area contributed by atoms with Crippen molar-refractivity contribution in [2.45, 2.75) is 6.92 Å². The summed E-state index contributed by atoms with van der Waals surface area (Å²) in [4.78, 5) is 15.9. The van der Waals surface area contributed by atoms with Crippen molar-refractivity contribution in [1.82, 2.24) is 9.36 Å². The van der Waals surface area contributed by atoms with Gasteiger partial charge < -0.3 is 9.84 Å². The monoisotopic (exact) mass is 328 g/mol. The molecule has 1 aromatic carbocycles. The Kier molecular flexibility index (Phi) is 4.24. The van der Waals surface area contributed by atoms with Crippen LogP contribution in [0.4, 0.5) is 10.7 Å². The lowest BCUT2D eigenvalue weighted by molar-refractivity contribution is 0.0523. The van der Waals surface area contributed by atoms with Crippen molar-refractivity contribution < 1.29 is 14.6 Å². The third-order valence-corrected chi connectivity index (χ3v) is 3.71. The fourth-order valence-electron chi connectivity index (χ4n) is 1.91. The summed E-state index contributed by atoms with van der Waals surface area (Å²) >= 11 is 1.19. The van der Waals surface area contributed by atoms with Gasteiger partial charge in [0.2, 0.25) is 0 Å². The van der Waals surface area contributed by atoms with Gasteiger partial charge in [0, 0.05) is 6.20 Å². The summed E-state index contributed by atoms with van der Waals surface area (Å²) in [6.07, 6.45) is 1.66. The average molecular weight is 328 g/mol. The molecule has 0 spiro atoms. The van der Waals surface area contributed by atoms with Crippen molar-refractivity contribution in [2.24, 2.45) is 10.2 Å². The minimum Gasteiger partial charge on any atom is -0.507 e. The topological polar surface area (TPSA) is 97.0 Å². The van der Waals surface area contributed by atoms with Gasteiger partial charge in [-0.3, -0.25) is 0 Å². The number of phenolic OH excluding ortho intramolecular Hbond substituents is 1. The molecule has 23 heavy (non-hydrogen) atoms. The maximum absolute atomic E-state index is 11.8. The first-order valence-corrected chi connectivity index (χ1v) is 7.58. The first-order valence-electron chi connectivity index (χ1n) is 6.81. The van der Waals surface area contributed by atoms with E-state index < -0.39 is 5.97 Å². The van der Waals surface area contributed by atoms with E-state index in [1.54, 1.807) is 25.3 Å². The number of azo groups is 1. The molecule has 3 rings (SSSR count). The Morgan fingerprint density at radius 3 is 3.04 bits per heavy atom. The molecule has 0 aliphatic rings. The van der Waals surface area contributed by atoms with E-state index in [0.29, 0.717) is 16.3 Å². The smallest absolute Gasteiger partial charge is 0.341 e. The number of hydrogen-bond donors (Lipinski definition) is 1. The number of aromatic hydroxyl groups is 1. The van der Waals surface area contributed by atoms with Gasteiger partial charge in [-0.15, -0.1) is 10.2 Å². The van der Waals surface area contributed by atoms with Gasteiger partial charge in [0.25, 0.3) is 0 Å². The molecule has 0 atom stereocenters. The van der Waals surface area contributed by atoms with Crippen LogP contribution in [0.15, 0.2) is 46.8 Å². The molecule has 1 N–H and O–H groups in total. The quantitative estimate of drug-likeness (QED) is 0.577. The number of pyridine rings is 1. The normalized spacial score (nSPS) is 11.2. The maximum Gasteiger partial charge on any atom is 0.341 e. The molecular weight excluding hydrogens is 316 g/mol. The van der Waals surface area contributed by atoms with Crippen LogP contribution in [0, 0.1) is 0 Å². The van der Waals surface area contributed by atoms with E-state index in [0.717, 1.165) is 5.39 Å². The molecule has 0 aliphatic heterocycles. The third-order valence-electron chi connectivity index (χ3n) is 2.97. The van der Waals surface area contributed by atoms with Gasteiger partial charge in [-0.25, -0.2) is 9.78 Å². The first-order chi connectivity index (χ1) is 11.2. The van der Waals surface area contributed by atoms with E-state index in [1.165, 1.54) is 23.7 Å². The van der Waals surface area contributed by atoms with Gasteiger partial charge in [0.1, 0.15) is 11.3 Å². The summed E-state index contributed by atoms with van der Waals surface area (Å²) in [6.45, 7) is 1.92. The zero-order chi connectivity index (χ0) is 16.2. The molecule has 0 bridgehead atoms. The highest BCUT2D eigenvalue weighted by molar-refractivity contribution is 7.11. The van der Waals surface area contributed by atoms with Gasteiger partial charge in [-0.2, -0.15) is 4.37 Å². The predicted octanol–water partition coefficient (Wildman–Crippen LogP) is 3.99. The molecule has 0 radical (unpaired) electrons. The molecule has 0 fully saturated rings. The second-order valence-electron chi connectivity index (χ2n) is 4.48. The highest BCUT2D eigenvalue weighted by Gasteiger charge is 2.13. The number of aromatic nitrogens is 2. The SMILES string of the molecule is CCOC(=O)c1cc(N=Nc2snc3ncccc23)ccc1O. The van der Waals surface area contributed by atoms with Crippen LogP contribution in [0.5, 0.6) is 5.75 Å². The summed E-state index contributed by atoms with van der Waals surface area (Å²) in [5, 5.41) is 19.4. The number of phenols is 1. The molecule has 0 aliphatic carbocycles. The fraction of sp³-hybridized carbons (Fsp3) is 0.133. The molecule has 8 heteroatoms. The van der Waals surface area contributed by atoms with Crippen molar-refractivity contribution in [3.8, 4) is 5.75 Å². The van der Waals surface area contributed by atoms with Gasteiger partial charge >= 0.3 is 5.97 Å². The zero-order valence-corrected chi connectivity index (χ0v) is 12.9. The molecule has 7 nitrogen and oxygen atoms in total. The molecule has 0 saturated carbocycles. The number of carbonyl (C=O) groups is 1. The Labute approximate surface area is 135 Å². The lowest BCUT2D eigenvalue weighted by Crippen LogP contribution is -2.04. The lowest BCUT2D eigenvalue weighted by atomic mass is 10.2. The molecule has 2 heterocycles. The van der Waals surface area contributed by atoms with E-state index in [1.807, 2.05) is 6.07 Å². The third kappa shape index (κ3) is 3.16. The maximum atomic E-state index is 11.8. The van der Waals surface area contributed by atoms with Gasteiger partial charge in [0.05, 0.1) is 17.7 Å². The van der Waals surface area contributed by atoms with Crippen LogP contribution < -0.4 is 0 Å². The second-order valence-corrected chi connectivity index (χ2v) is 5.24. The number of rotatable bonds is 4. The van der Waals surface area contributed by atoms with Crippen molar-refractivity contribution in [3.05, 3.63) is 42.1 Å². The Hall–Kier alpha value is -2.87. The summed E-state index contributed by atoms with van der Waals surface area (Å²) in [6, 6.07) is 8.03. The number of fused-ring (bicyclic) bond motifs is 1. The van der Waals surface area contributed by atoms with Crippen LogP contribution in [0.25, 0.3) is 11.0 Å². The minimum atomic E-state index is -0.602. The highest BCUT2D eigenvalue weighted by atomic mass is 32.1.